The van der Waals surface area contributed by atoms with Crippen LogP contribution in [-0.4, -0.2) is 22.0 Å². The number of halogens is 2. The monoisotopic (exact) mass is 266 g/mol. The zero-order valence-electron chi connectivity index (χ0n) is 10.9. The number of aromatic nitrogens is 3. The Morgan fingerprint density at radius 2 is 2.11 bits per heavy atom. The predicted octanol–water partition coefficient (Wildman–Crippen LogP) is 2.28. The molecule has 0 bridgehead atoms. The Bertz CT molecular complexity index is 553. The molecule has 1 atom stereocenters. The molecule has 1 aromatic carbocycles. The Morgan fingerprint density at radius 1 is 1.32 bits per heavy atom. The highest BCUT2D eigenvalue weighted by Crippen LogP contribution is 2.22. The zero-order valence-corrected chi connectivity index (χ0v) is 10.9. The number of nitrogens with zero attached hydrogens (tertiary/aromatic N) is 3. The van der Waals surface area contributed by atoms with Crippen molar-refractivity contribution < 1.29 is 8.78 Å². The molecule has 0 saturated heterocycles. The summed E-state index contributed by atoms with van der Waals surface area (Å²) in [5, 5.41) is 11.0. The molecule has 0 saturated carbocycles. The van der Waals surface area contributed by atoms with Crippen molar-refractivity contribution in [2.24, 2.45) is 0 Å². The number of aryl methyl sites for hydroxylation is 1. The molecule has 0 spiro atoms. The zero-order chi connectivity index (χ0) is 13.8. The van der Waals surface area contributed by atoms with Crippen LogP contribution in [0, 0.1) is 11.6 Å². The highest BCUT2D eigenvalue weighted by atomic mass is 19.2. The molecule has 1 aromatic heterocycles. The van der Waals surface area contributed by atoms with Gasteiger partial charge in [0.25, 0.3) is 0 Å². The van der Waals surface area contributed by atoms with Gasteiger partial charge in [-0.05, 0) is 31.2 Å². The molecule has 102 valence electrons. The van der Waals surface area contributed by atoms with Crippen LogP contribution >= 0.6 is 0 Å². The summed E-state index contributed by atoms with van der Waals surface area (Å²) in [6.45, 7) is 2.77. The van der Waals surface area contributed by atoms with E-state index in [1.807, 2.05) is 6.92 Å². The third kappa shape index (κ3) is 2.78. The third-order valence-electron chi connectivity index (χ3n) is 2.94. The lowest BCUT2D eigenvalue weighted by Crippen LogP contribution is -2.22. The van der Waals surface area contributed by atoms with E-state index in [9.17, 15) is 8.78 Å². The third-order valence-corrected chi connectivity index (χ3v) is 2.94. The molecule has 1 heterocycles. The van der Waals surface area contributed by atoms with E-state index in [2.05, 4.69) is 15.6 Å². The molecule has 2 aromatic rings. The van der Waals surface area contributed by atoms with Crippen molar-refractivity contribution in [1.82, 2.24) is 20.3 Å². The van der Waals surface area contributed by atoms with Crippen LogP contribution < -0.4 is 5.32 Å². The standard InChI is InChI=1S/C13H16F2N4/c1-3-6-19-12(8-17-18-19)13(16-2)9-4-5-10(14)11(15)7-9/h4-5,7-8,13,16H,3,6H2,1-2H3. The summed E-state index contributed by atoms with van der Waals surface area (Å²) in [5.74, 6) is -1.70. The minimum atomic E-state index is -0.854. The van der Waals surface area contributed by atoms with Gasteiger partial charge in [0.1, 0.15) is 0 Å². The van der Waals surface area contributed by atoms with Crippen LogP contribution in [0.2, 0.25) is 0 Å². The summed E-state index contributed by atoms with van der Waals surface area (Å²) >= 11 is 0. The summed E-state index contributed by atoms with van der Waals surface area (Å²) in [7, 11) is 1.76. The normalized spacial score (nSPS) is 12.6. The Balaban J connectivity index is 2.38. The van der Waals surface area contributed by atoms with Crippen LogP contribution in [0.25, 0.3) is 0 Å². The van der Waals surface area contributed by atoms with Crippen LogP contribution in [0.4, 0.5) is 8.78 Å². The minimum Gasteiger partial charge on any atom is -0.308 e. The Kier molecular flexibility index (Phi) is 4.21. The van der Waals surface area contributed by atoms with E-state index in [1.165, 1.54) is 6.07 Å². The van der Waals surface area contributed by atoms with Gasteiger partial charge in [-0.15, -0.1) is 5.10 Å². The fourth-order valence-electron chi connectivity index (χ4n) is 2.05. The van der Waals surface area contributed by atoms with E-state index in [-0.39, 0.29) is 6.04 Å². The largest absolute Gasteiger partial charge is 0.308 e. The first kappa shape index (κ1) is 13.6. The van der Waals surface area contributed by atoms with Crippen molar-refractivity contribution >= 4 is 0 Å². The predicted molar refractivity (Wildman–Crippen MR) is 67.6 cm³/mol. The van der Waals surface area contributed by atoms with Gasteiger partial charge in [-0.25, -0.2) is 13.5 Å². The Labute approximate surface area is 110 Å². The van der Waals surface area contributed by atoms with Crippen molar-refractivity contribution in [2.75, 3.05) is 7.05 Å². The number of benzene rings is 1. The van der Waals surface area contributed by atoms with E-state index in [4.69, 9.17) is 0 Å². The molecule has 0 radical (unpaired) electrons. The van der Waals surface area contributed by atoms with E-state index in [1.54, 1.807) is 24.0 Å². The van der Waals surface area contributed by atoms with Gasteiger partial charge in [0.05, 0.1) is 17.9 Å². The second-order valence-corrected chi connectivity index (χ2v) is 4.28. The highest BCUT2D eigenvalue weighted by molar-refractivity contribution is 5.27. The fraction of sp³-hybridized carbons (Fsp3) is 0.385. The lowest BCUT2D eigenvalue weighted by Gasteiger charge is -2.17. The Morgan fingerprint density at radius 3 is 2.74 bits per heavy atom. The fourth-order valence-corrected chi connectivity index (χ4v) is 2.05. The lowest BCUT2D eigenvalue weighted by atomic mass is 10.0. The summed E-state index contributed by atoms with van der Waals surface area (Å²) in [4.78, 5) is 0. The second kappa shape index (κ2) is 5.88. The van der Waals surface area contributed by atoms with Crippen LogP contribution in [-0.2, 0) is 6.54 Å². The van der Waals surface area contributed by atoms with Gasteiger partial charge in [-0.3, -0.25) is 0 Å². The van der Waals surface area contributed by atoms with Crippen LogP contribution in [0.1, 0.15) is 30.6 Å². The molecule has 0 aliphatic rings. The Hall–Kier alpha value is -1.82. The summed E-state index contributed by atoms with van der Waals surface area (Å²) in [6, 6.07) is 3.61. The smallest absolute Gasteiger partial charge is 0.159 e. The maximum Gasteiger partial charge on any atom is 0.159 e. The topological polar surface area (TPSA) is 42.7 Å². The minimum absolute atomic E-state index is 0.267. The number of nitrogens with one attached hydrogen (secondary N) is 1. The van der Waals surface area contributed by atoms with Gasteiger partial charge in [0.2, 0.25) is 0 Å². The highest BCUT2D eigenvalue weighted by Gasteiger charge is 2.18. The molecule has 1 unspecified atom stereocenters. The van der Waals surface area contributed by atoms with Gasteiger partial charge in [0, 0.05) is 6.54 Å². The van der Waals surface area contributed by atoms with E-state index >= 15 is 0 Å². The lowest BCUT2D eigenvalue weighted by molar-refractivity contribution is 0.498. The molecule has 2 rings (SSSR count). The molecule has 4 nitrogen and oxygen atoms in total. The van der Waals surface area contributed by atoms with Crippen molar-refractivity contribution in [3.05, 3.63) is 47.3 Å². The SMILES string of the molecule is CCCn1nncc1C(NC)c1ccc(F)c(F)c1. The molecule has 0 aliphatic heterocycles. The summed E-state index contributed by atoms with van der Waals surface area (Å²) in [5.41, 5.74) is 1.47. The average Bonchev–Trinajstić information content (AvgIpc) is 2.83. The van der Waals surface area contributed by atoms with E-state index < -0.39 is 11.6 Å². The summed E-state index contributed by atoms with van der Waals surface area (Å²) in [6.07, 6.45) is 2.56. The molecule has 0 aliphatic carbocycles. The van der Waals surface area contributed by atoms with Crippen molar-refractivity contribution in [3.8, 4) is 0 Å². The number of hydrogen-bond acceptors (Lipinski definition) is 3. The molecular formula is C13H16F2N4. The second-order valence-electron chi connectivity index (χ2n) is 4.28. The quantitative estimate of drug-likeness (QED) is 0.902. The average molecular weight is 266 g/mol. The van der Waals surface area contributed by atoms with Crippen LogP contribution in [0.3, 0.4) is 0 Å². The maximum absolute atomic E-state index is 13.3. The first-order chi connectivity index (χ1) is 9.17. The van der Waals surface area contributed by atoms with Crippen molar-refractivity contribution in [1.29, 1.82) is 0 Å². The van der Waals surface area contributed by atoms with Crippen molar-refractivity contribution in [2.45, 2.75) is 25.9 Å². The molecule has 0 fully saturated rings. The van der Waals surface area contributed by atoms with Gasteiger partial charge in [0.15, 0.2) is 11.6 Å². The van der Waals surface area contributed by atoms with Crippen LogP contribution in [0.15, 0.2) is 24.4 Å². The molecule has 6 heteroatoms. The molecular weight excluding hydrogens is 250 g/mol. The van der Waals surface area contributed by atoms with Gasteiger partial charge >= 0.3 is 0 Å². The van der Waals surface area contributed by atoms with Crippen molar-refractivity contribution in [3.63, 3.8) is 0 Å². The van der Waals surface area contributed by atoms with E-state index in [0.717, 1.165) is 24.7 Å². The van der Waals surface area contributed by atoms with Crippen LogP contribution in [0.5, 0.6) is 0 Å². The first-order valence-electron chi connectivity index (χ1n) is 6.18. The molecule has 19 heavy (non-hydrogen) atoms. The first-order valence-corrected chi connectivity index (χ1v) is 6.18. The number of rotatable bonds is 5. The van der Waals surface area contributed by atoms with Gasteiger partial charge in [-0.2, -0.15) is 0 Å². The molecule has 0 amide bonds. The summed E-state index contributed by atoms with van der Waals surface area (Å²) < 4.78 is 28.1. The maximum atomic E-state index is 13.3. The van der Waals surface area contributed by atoms with Gasteiger partial charge < -0.3 is 5.32 Å². The van der Waals surface area contributed by atoms with Gasteiger partial charge in [-0.1, -0.05) is 18.2 Å². The molecule has 1 N–H and O–H groups in total. The van der Waals surface area contributed by atoms with E-state index in [0.29, 0.717) is 5.56 Å². The number of hydrogen-bond donors (Lipinski definition) is 1.